The number of aromatic nitrogens is 3. The number of ether oxygens (including phenoxy) is 2. The largest absolute Gasteiger partial charge is 0.490 e. The van der Waals surface area contributed by atoms with Gasteiger partial charge in [0, 0.05) is 48.4 Å². The van der Waals surface area contributed by atoms with Gasteiger partial charge in [-0.05, 0) is 42.0 Å². The normalized spacial score (nSPS) is 14.3. The predicted octanol–water partition coefficient (Wildman–Crippen LogP) is 6.85. The van der Waals surface area contributed by atoms with Gasteiger partial charge in [0.2, 0.25) is 0 Å². The molecule has 1 aliphatic rings. The van der Waals surface area contributed by atoms with E-state index in [4.69, 9.17) is 9.47 Å². The Morgan fingerprint density at radius 1 is 1.08 bits per heavy atom. The van der Waals surface area contributed by atoms with E-state index in [9.17, 15) is 13.2 Å². The van der Waals surface area contributed by atoms with Crippen LogP contribution in [0.15, 0.2) is 73.8 Å². The Morgan fingerprint density at radius 2 is 1.77 bits per heavy atom. The molecule has 4 aromatic rings. The number of alkyl halides is 3. The minimum Gasteiger partial charge on any atom is -0.490 e. The van der Waals surface area contributed by atoms with Gasteiger partial charge < -0.3 is 20.1 Å². The topological polar surface area (TPSA) is 73.2 Å². The summed E-state index contributed by atoms with van der Waals surface area (Å²) in [6.07, 6.45) is 1.50. The number of benzene rings is 2. The Hall–Kier alpha value is -4.31. The average Bonchev–Trinajstić information content (AvgIpc) is 3.26. The summed E-state index contributed by atoms with van der Waals surface area (Å²) in [6, 6.07) is 11.5. The van der Waals surface area contributed by atoms with Gasteiger partial charge in [-0.1, -0.05) is 25.3 Å². The molecular weight excluding hydrogens is 507 g/mol. The van der Waals surface area contributed by atoms with Gasteiger partial charge in [0.15, 0.2) is 0 Å². The van der Waals surface area contributed by atoms with Crippen LogP contribution in [0, 0.1) is 0 Å². The Kier molecular flexibility index (Phi) is 7.30. The zero-order valence-corrected chi connectivity index (χ0v) is 21.4. The third-order valence-electron chi connectivity index (χ3n) is 6.52. The van der Waals surface area contributed by atoms with E-state index in [-0.39, 0.29) is 17.5 Å². The molecule has 0 unspecified atom stereocenters. The van der Waals surface area contributed by atoms with Crippen molar-refractivity contribution in [3.05, 3.63) is 85.1 Å². The monoisotopic (exact) mass is 535 g/mol. The molecule has 39 heavy (non-hydrogen) atoms. The first-order valence-corrected chi connectivity index (χ1v) is 12.4. The maximum Gasteiger partial charge on any atom is 0.420 e. The van der Waals surface area contributed by atoms with Crippen molar-refractivity contribution in [2.24, 2.45) is 7.05 Å². The highest BCUT2D eigenvalue weighted by Crippen LogP contribution is 2.39. The van der Waals surface area contributed by atoms with Crippen LogP contribution in [0.3, 0.4) is 0 Å². The van der Waals surface area contributed by atoms with Crippen LogP contribution >= 0.6 is 0 Å². The number of halogens is 3. The molecular formula is C29H28F3N5O2. The number of hydrogen-bond acceptors (Lipinski definition) is 6. The molecule has 0 saturated carbocycles. The minimum absolute atomic E-state index is 0.188. The van der Waals surface area contributed by atoms with Crippen LogP contribution in [0.4, 0.5) is 24.5 Å². The summed E-state index contributed by atoms with van der Waals surface area (Å²) in [5.74, 6) is 0.130. The fourth-order valence-electron chi connectivity index (χ4n) is 4.61. The molecule has 2 aromatic carbocycles. The van der Waals surface area contributed by atoms with Crippen LogP contribution in [-0.2, 0) is 18.0 Å². The van der Waals surface area contributed by atoms with Crippen molar-refractivity contribution in [2.75, 3.05) is 23.8 Å². The summed E-state index contributed by atoms with van der Waals surface area (Å²) in [5, 5.41) is 11.4. The minimum atomic E-state index is -4.57. The lowest BCUT2D eigenvalue weighted by atomic mass is 10.0. The quantitative estimate of drug-likeness (QED) is 0.257. The van der Waals surface area contributed by atoms with Crippen molar-refractivity contribution in [3.63, 3.8) is 0 Å². The number of rotatable bonds is 8. The summed E-state index contributed by atoms with van der Waals surface area (Å²) in [5.41, 5.74) is 3.62. The van der Waals surface area contributed by atoms with Gasteiger partial charge in [-0.25, -0.2) is 0 Å². The first-order chi connectivity index (χ1) is 18.7. The third kappa shape index (κ3) is 5.75. The van der Waals surface area contributed by atoms with Crippen LogP contribution in [0.1, 0.15) is 24.1 Å². The van der Waals surface area contributed by atoms with Gasteiger partial charge in [-0.15, -0.1) is 0 Å². The molecule has 202 valence electrons. The predicted molar refractivity (Wildman–Crippen MR) is 146 cm³/mol. The van der Waals surface area contributed by atoms with Crippen molar-refractivity contribution in [2.45, 2.75) is 25.1 Å². The van der Waals surface area contributed by atoms with Crippen molar-refractivity contribution in [3.8, 4) is 16.9 Å². The second-order valence-corrected chi connectivity index (χ2v) is 9.24. The van der Waals surface area contributed by atoms with E-state index in [1.54, 1.807) is 29.2 Å². The van der Waals surface area contributed by atoms with Gasteiger partial charge in [0.25, 0.3) is 0 Å². The number of pyridine rings is 1. The zero-order chi connectivity index (χ0) is 27.6. The lowest BCUT2D eigenvalue weighted by molar-refractivity contribution is -0.139. The second kappa shape index (κ2) is 10.8. The molecule has 7 nitrogen and oxygen atoms in total. The highest BCUT2D eigenvalue weighted by atomic mass is 19.4. The van der Waals surface area contributed by atoms with Crippen molar-refractivity contribution >= 4 is 28.4 Å². The molecule has 3 heterocycles. The van der Waals surface area contributed by atoms with Gasteiger partial charge >= 0.3 is 6.18 Å². The van der Waals surface area contributed by atoms with Crippen molar-refractivity contribution in [1.82, 2.24) is 14.8 Å². The van der Waals surface area contributed by atoms with Gasteiger partial charge in [0.1, 0.15) is 17.7 Å². The molecule has 0 spiro atoms. The molecule has 2 N–H and O–H groups in total. The number of fused-ring (bicyclic) bond motifs is 1. The summed E-state index contributed by atoms with van der Waals surface area (Å²) < 4.78 is 54.1. The van der Waals surface area contributed by atoms with Crippen molar-refractivity contribution < 1.29 is 22.6 Å². The standard InChI is InChI=1S/C29H28F3N5O2/c1-4-25-28-23(16-33-17-26(28)37(3)36-25)19-5-7-20(8-6-19)34-18(2)35-21-9-10-27(24(15-21)29(30,31)32)39-22-11-13-38-14-12-22/h4-10,15-17,22,34-35H,1-2,11-14H2,3H3. The maximum absolute atomic E-state index is 13.8. The third-order valence-corrected chi connectivity index (χ3v) is 6.52. The highest BCUT2D eigenvalue weighted by Gasteiger charge is 2.35. The summed E-state index contributed by atoms with van der Waals surface area (Å²) in [6.45, 7) is 8.74. The Morgan fingerprint density at radius 3 is 2.46 bits per heavy atom. The molecule has 5 rings (SSSR count). The van der Waals surface area contributed by atoms with E-state index in [1.165, 1.54) is 6.07 Å². The molecule has 1 fully saturated rings. The number of hydrogen-bond donors (Lipinski definition) is 2. The van der Waals surface area contributed by atoms with E-state index in [0.29, 0.717) is 37.6 Å². The molecule has 2 aromatic heterocycles. The first-order valence-electron chi connectivity index (χ1n) is 12.4. The maximum atomic E-state index is 13.8. The lowest BCUT2D eigenvalue weighted by Gasteiger charge is -2.25. The van der Waals surface area contributed by atoms with Crippen LogP contribution < -0.4 is 15.4 Å². The first kappa shape index (κ1) is 26.3. The van der Waals surface area contributed by atoms with E-state index in [1.807, 2.05) is 31.3 Å². The van der Waals surface area contributed by atoms with Crippen LogP contribution in [0.2, 0.25) is 0 Å². The second-order valence-electron chi connectivity index (χ2n) is 9.24. The van der Waals surface area contributed by atoms with E-state index in [0.717, 1.165) is 33.8 Å². The van der Waals surface area contributed by atoms with E-state index in [2.05, 4.69) is 33.9 Å². The molecule has 1 aliphatic heterocycles. The van der Waals surface area contributed by atoms with Crippen LogP contribution in [-0.4, -0.2) is 34.1 Å². The molecule has 0 amide bonds. The van der Waals surface area contributed by atoms with E-state index >= 15 is 0 Å². The smallest absolute Gasteiger partial charge is 0.420 e. The Balaban J connectivity index is 1.30. The highest BCUT2D eigenvalue weighted by molar-refractivity contribution is 5.99. The van der Waals surface area contributed by atoms with E-state index < -0.39 is 11.7 Å². The van der Waals surface area contributed by atoms with Gasteiger partial charge in [-0.3, -0.25) is 9.67 Å². The summed E-state index contributed by atoms with van der Waals surface area (Å²) in [4.78, 5) is 4.35. The Labute approximate surface area is 224 Å². The van der Waals surface area contributed by atoms with Crippen LogP contribution in [0.25, 0.3) is 28.1 Å². The summed E-state index contributed by atoms with van der Waals surface area (Å²) >= 11 is 0. The molecule has 0 atom stereocenters. The zero-order valence-electron chi connectivity index (χ0n) is 21.4. The molecule has 0 aliphatic carbocycles. The average molecular weight is 536 g/mol. The van der Waals surface area contributed by atoms with Crippen LogP contribution in [0.5, 0.6) is 5.75 Å². The summed E-state index contributed by atoms with van der Waals surface area (Å²) in [7, 11) is 1.86. The number of nitrogens with zero attached hydrogens (tertiary/aromatic N) is 3. The van der Waals surface area contributed by atoms with Crippen molar-refractivity contribution in [1.29, 1.82) is 0 Å². The molecule has 1 saturated heterocycles. The fraction of sp³-hybridized carbons (Fsp3) is 0.241. The molecule has 0 radical (unpaired) electrons. The lowest BCUT2D eigenvalue weighted by Crippen LogP contribution is -2.26. The van der Waals surface area contributed by atoms with Gasteiger partial charge in [0.05, 0.1) is 36.2 Å². The number of anilines is 2. The fourth-order valence-corrected chi connectivity index (χ4v) is 4.61. The molecule has 10 heteroatoms. The Bertz CT molecular complexity index is 1510. The number of nitrogens with one attached hydrogen (secondary N) is 2. The SMILES string of the molecule is C=Cc1nn(C)c2cncc(-c3ccc(NC(=C)Nc4ccc(OC5CCOCC5)c(C(F)(F)F)c4)cc3)c12. The van der Waals surface area contributed by atoms with Gasteiger partial charge in [-0.2, -0.15) is 18.3 Å². The number of aryl methyl sites for hydroxylation is 1. The molecule has 0 bridgehead atoms.